The van der Waals surface area contributed by atoms with Gasteiger partial charge in [0.15, 0.2) is 0 Å². The Hall–Kier alpha value is -2.41. The summed E-state index contributed by atoms with van der Waals surface area (Å²) in [6, 6.07) is 28.7. The average Bonchev–Trinajstić information content (AvgIpc) is 3.51. The maximum atomic E-state index is 9.57. The predicted octanol–water partition coefficient (Wildman–Crippen LogP) is 6.15. The topological polar surface area (TPSA) is 17.1 Å². The molecule has 0 unspecified atom stereocenters. The minimum Gasteiger partial charge on any atom is -0.303 e. The van der Waals surface area contributed by atoms with Gasteiger partial charge in [0, 0.05) is 5.92 Å². The van der Waals surface area contributed by atoms with Crippen LogP contribution in [0.5, 0.6) is 0 Å². The van der Waals surface area contributed by atoms with Crippen molar-refractivity contribution in [3.05, 3.63) is 84.9 Å². The van der Waals surface area contributed by atoms with Crippen molar-refractivity contribution < 1.29 is 4.79 Å². The highest BCUT2D eigenvalue weighted by atomic mass is 16.1. The van der Waals surface area contributed by atoms with E-state index in [9.17, 15) is 4.79 Å². The molecule has 0 atom stereocenters. The van der Waals surface area contributed by atoms with Crippen LogP contribution in [0.3, 0.4) is 0 Å². The molecule has 0 N–H and O–H groups in total. The van der Waals surface area contributed by atoms with E-state index < -0.39 is 0 Å². The van der Waals surface area contributed by atoms with Crippen LogP contribution in [0.4, 0.5) is 0 Å². The molecule has 0 radical (unpaired) electrons. The van der Waals surface area contributed by atoms with Crippen molar-refractivity contribution in [3.63, 3.8) is 0 Å². The summed E-state index contributed by atoms with van der Waals surface area (Å²) in [5.74, 6) is 0.454. The van der Waals surface area contributed by atoms with Gasteiger partial charge in [-0.05, 0) is 23.6 Å². The third-order valence-electron chi connectivity index (χ3n) is 3.14. The van der Waals surface area contributed by atoms with Crippen LogP contribution < -0.4 is 0 Å². The first-order valence-electron chi connectivity index (χ1n) is 8.29. The summed E-state index contributed by atoms with van der Waals surface area (Å²) in [6.07, 6.45) is 3.31. The number of carbonyl (C=O) groups is 1. The molecule has 1 aliphatic rings. The van der Waals surface area contributed by atoms with Gasteiger partial charge in [0.25, 0.3) is 0 Å². The Morgan fingerprint density at radius 3 is 1.13 bits per heavy atom. The number of fused-ring (bicyclic) bond motifs is 1. The van der Waals surface area contributed by atoms with Crippen molar-refractivity contribution in [2.75, 3.05) is 0 Å². The van der Waals surface area contributed by atoms with Gasteiger partial charge in [-0.1, -0.05) is 98.8 Å². The molecule has 0 saturated heterocycles. The molecule has 0 aliphatic heterocycles. The van der Waals surface area contributed by atoms with E-state index in [1.165, 1.54) is 10.8 Å². The first-order chi connectivity index (χ1) is 11.4. The Kier molecular flexibility index (Phi) is 9.86. The third-order valence-corrected chi connectivity index (χ3v) is 3.14. The molecule has 4 rings (SSSR count). The molecule has 3 aromatic rings. The lowest BCUT2D eigenvalue weighted by Gasteiger charge is -1.92. The Balaban J connectivity index is 0.000000175. The lowest BCUT2D eigenvalue weighted by atomic mass is 10.1. The average molecular weight is 306 g/mol. The maximum absolute atomic E-state index is 9.57. The molecular weight excluding hydrogens is 280 g/mol. The van der Waals surface area contributed by atoms with E-state index >= 15 is 0 Å². The van der Waals surface area contributed by atoms with E-state index in [-0.39, 0.29) is 0 Å². The van der Waals surface area contributed by atoms with Crippen LogP contribution in [0.25, 0.3) is 10.8 Å². The molecule has 0 bridgehead atoms. The molecule has 23 heavy (non-hydrogen) atoms. The van der Waals surface area contributed by atoms with Gasteiger partial charge in [0.2, 0.25) is 0 Å². The number of hydrogen-bond acceptors (Lipinski definition) is 1. The van der Waals surface area contributed by atoms with Crippen molar-refractivity contribution in [2.45, 2.75) is 26.7 Å². The highest BCUT2D eigenvalue weighted by Gasteiger charge is 2.18. The second-order valence-electron chi connectivity index (χ2n) is 4.98. The highest BCUT2D eigenvalue weighted by molar-refractivity contribution is 5.81. The van der Waals surface area contributed by atoms with E-state index in [2.05, 4.69) is 48.5 Å². The molecule has 0 amide bonds. The van der Waals surface area contributed by atoms with Crippen LogP contribution in [0.2, 0.25) is 0 Å². The lowest BCUT2D eigenvalue weighted by Crippen LogP contribution is -1.67. The maximum Gasteiger partial charge on any atom is 0.123 e. The smallest absolute Gasteiger partial charge is 0.123 e. The van der Waals surface area contributed by atoms with Gasteiger partial charge >= 0.3 is 0 Å². The van der Waals surface area contributed by atoms with E-state index in [0.717, 1.165) is 19.1 Å². The molecule has 1 saturated carbocycles. The van der Waals surface area contributed by atoms with E-state index in [0.29, 0.717) is 5.92 Å². The monoisotopic (exact) mass is 306 g/mol. The molecule has 0 heterocycles. The van der Waals surface area contributed by atoms with Gasteiger partial charge in [-0.2, -0.15) is 0 Å². The summed E-state index contributed by atoms with van der Waals surface area (Å²) in [4.78, 5) is 9.57. The SMILES string of the molecule is CC.O=CC1CC1.c1ccc2ccccc2c1.c1ccccc1. The minimum atomic E-state index is 0.454. The molecule has 0 spiro atoms. The number of carbonyl (C=O) groups excluding carboxylic acids is 1. The van der Waals surface area contributed by atoms with Gasteiger partial charge < -0.3 is 4.79 Å². The summed E-state index contributed by atoms with van der Waals surface area (Å²) in [6.45, 7) is 4.00. The first kappa shape index (κ1) is 18.6. The van der Waals surface area contributed by atoms with Gasteiger partial charge in [-0.15, -0.1) is 0 Å². The molecular formula is C22H26O. The van der Waals surface area contributed by atoms with Crippen LogP contribution in [0.15, 0.2) is 84.9 Å². The van der Waals surface area contributed by atoms with Crippen molar-refractivity contribution >= 4 is 17.1 Å². The Labute approximate surface area is 140 Å². The fourth-order valence-corrected chi connectivity index (χ4v) is 1.75. The zero-order valence-corrected chi connectivity index (χ0v) is 14.1. The zero-order valence-electron chi connectivity index (χ0n) is 14.1. The van der Waals surface area contributed by atoms with Crippen LogP contribution in [-0.2, 0) is 4.79 Å². The second kappa shape index (κ2) is 12.2. The normalized spacial score (nSPS) is 11.6. The minimum absolute atomic E-state index is 0.454. The highest BCUT2D eigenvalue weighted by Crippen LogP contribution is 2.25. The molecule has 120 valence electrons. The predicted molar refractivity (Wildman–Crippen MR) is 101 cm³/mol. The van der Waals surface area contributed by atoms with Crippen molar-refractivity contribution in [3.8, 4) is 0 Å². The van der Waals surface area contributed by atoms with Gasteiger partial charge in [-0.25, -0.2) is 0 Å². The van der Waals surface area contributed by atoms with Gasteiger partial charge in [-0.3, -0.25) is 0 Å². The zero-order chi connectivity index (χ0) is 16.8. The summed E-state index contributed by atoms with van der Waals surface area (Å²) in [7, 11) is 0. The molecule has 1 nitrogen and oxygen atoms in total. The molecule has 1 heteroatoms. The molecule has 1 fully saturated rings. The van der Waals surface area contributed by atoms with E-state index in [1.54, 1.807) is 0 Å². The fraction of sp³-hybridized carbons (Fsp3) is 0.227. The number of hydrogen-bond donors (Lipinski definition) is 0. The standard InChI is InChI=1S/C10H8.C6H6.C4H6O.C2H6/c1-2-6-10-8-4-3-7-9(10)5-1;1-2-4-6-5-3-1;5-3-4-1-2-4;1-2/h1-8H;1-6H;3-4H,1-2H2;1-2H3. The van der Waals surface area contributed by atoms with Gasteiger partial charge in [0.05, 0.1) is 0 Å². The molecule has 0 aromatic heterocycles. The lowest BCUT2D eigenvalue weighted by molar-refractivity contribution is -0.108. The van der Waals surface area contributed by atoms with Crippen LogP contribution in [0, 0.1) is 5.92 Å². The number of rotatable bonds is 1. The summed E-state index contributed by atoms with van der Waals surface area (Å²) in [5, 5.41) is 2.62. The largest absolute Gasteiger partial charge is 0.303 e. The number of aldehydes is 1. The quantitative estimate of drug-likeness (QED) is 0.493. The summed E-state index contributed by atoms with van der Waals surface area (Å²) >= 11 is 0. The van der Waals surface area contributed by atoms with Crippen LogP contribution in [0.1, 0.15) is 26.7 Å². The van der Waals surface area contributed by atoms with Crippen molar-refractivity contribution in [2.24, 2.45) is 5.92 Å². The van der Waals surface area contributed by atoms with Crippen molar-refractivity contribution in [1.29, 1.82) is 0 Å². The molecule has 1 aliphatic carbocycles. The first-order valence-corrected chi connectivity index (χ1v) is 8.29. The Bertz CT molecular complexity index is 550. The van der Waals surface area contributed by atoms with Gasteiger partial charge in [0.1, 0.15) is 6.29 Å². The van der Waals surface area contributed by atoms with Crippen molar-refractivity contribution in [1.82, 2.24) is 0 Å². The van der Waals surface area contributed by atoms with E-state index in [1.807, 2.05) is 50.2 Å². The fourth-order valence-electron chi connectivity index (χ4n) is 1.75. The Morgan fingerprint density at radius 1 is 0.652 bits per heavy atom. The summed E-state index contributed by atoms with van der Waals surface area (Å²) in [5.41, 5.74) is 0. The van der Waals surface area contributed by atoms with E-state index in [4.69, 9.17) is 0 Å². The summed E-state index contributed by atoms with van der Waals surface area (Å²) < 4.78 is 0. The molecule has 3 aromatic carbocycles. The van der Waals surface area contributed by atoms with Crippen LogP contribution in [-0.4, -0.2) is 6.29 Å². The number of benzene rings is 3. The van der Waals surface area contributed by atoms with Crippen LogP contribution >= 0.6 is 0 Å². The Morgan fingerprint density at radius 2 is 0.957 bits per heavy atom. The second-order valence-corrected chi connectivity index (χ2v) is 4.98. The third kappa shape index (κ3) is 8.57.